The number of rotatable bonds is 4. The Labute approximate surface area is 96.8 Å². The smallest absolute Gasteiger partial charge is 0.119 e. The quantitative estimate of drug-likeness (QED) is 0.842. The van der Waals surface area contributed by atoms with E-state index in [1.807, 2.05) is 6.07 Å². The number of benzene rings is 1. The van der Waals surface area contributed by atoms with Gasteiger partial charge in [-0.15, -0.1) is 0 Å². The summed E-state index contributed by atoms with van der Waals surface area (Å²) in [5.41, 5.74) is 2.64. The van der Waals surface area contributed by atoms with Crippen LogP contribution in [-0.2, 0) is 11.3 Å². The molecule has 16 heavy (non-hydrogen) atoms. The molecule has 1 aromatic rings. The second-order valence-corrected chi connectivity index (χ2v) is 4.19. The first-order valence-corrected chi connectivity index (χ1v) is 5.71. The third kappa shape index (κ3) is 2.36. The lowest BCUT2D eigenvalue weighted by molar-refractivity contribution is 0.183. The summed E-state index contributed by atoms with van der Waals surface area (Å²) in [7, 11) is 3.43. The van der Waals surface area contributed by atoms with E-state index in [4.69, 9.17) is 9.47 Å². The van der Waals surface area contributed by atoms with Gasteiger partial charge in [0, 0.05) is 13.7 Å². The molecule has 0 aliphatic carbocycles. The lowest BCUT2D eigenvalue weighted by Gasteiger charge is -2.15. The molecule has 1 unspecified atom stereocenters. The molecular formula is C13H19NO2. The Kier molecular flexibility index (Phi) is 3.80. The zero-order valence-electron chi connectivity index (χ0n) is 9.95. The Balaban J connectivity index is 2.27. The predicted molar refractivity (Wildman–Crippen MR) is 63.9 cm³/mol. The lowest BCUT2D eigenvalue weighted by Crippen LogP contribution is -2.09. The highest BCUT2D eigenvalue weighted by Crippen LogP contribution is 2.28. The molecule has 1 aliphatic rings. The molecule has 1 aromatic carbocycles. The van der Waals surface area contributed by atoms with E-state index >= 15 is 0 Å². The second-order valence-electron chi connectivity index (χ2n) is 4.19. The topological polar surface area (TPSA) is 30.5 Å². The summed E-state index contributed by atoms with van der Waals surface area (Å²) < 4.78 is 10.5. The van der Waals surface area contributed by atoms with Gasteiger partial charge in [0.15, 0.2) is 0 Å². The highest BCUT2D eigenvalue weighted by atomic mass is 16.5. The van der Waals surface area contributed by atoms with Crippen LogP contribution in [0.15, 0.2) is 18.2 Å². The van der Waals surface area contributed by atoms with Crippen molar-refractivity contribution in [2.75, 3.05) is 27.3 Å². The second kappa shape index (κ2) is 5.32. The van der Waals surface area contributed by atoms with Crippen LogP contribution in [0.3, 0.4) is 0 Å². The van der Waals surface area contributed by atoms with Crippen LogP contribution in [0.2, 0.25) is 0 Å². The van der Waals surface area contributed by atoms with Crippen molar-refractivity contribution < 1.29 is 9.47 Å². The van der Waals surface area contributed by atoms with E-state index < -0.39 is 0 Å². The number of ether oxygens (including phenoxy) is 2. The Morgan fingerprint density at radius 3 is 2.88 bits per heavy atom. The van der Waals surface area contributed by atoms with Crippen LogP contribution in [0, 0.1) is 0 Å². The number of hydrogen-bond acceptors (Lipinski definition) is 3. The van der Waals surface area contributed by atoms with E-state index in [2.05, 4.69) is 17.4 Å². The zero-order valence-corrected chi connectivity index (χ0v) is 9.95. The standard InChI is InChI=1S/C13H19NO2/c1-15-9-11-7-12(16-2)3-4-13(11)10-5-6-14-8-10/h3-4,7,10,14H,5-6,8-9H2,1-2H3. The van der Waals surface area contributed by atoms with Crippen LogP contribution in [-0.4, -0.2) is 27.3 Å². The molecule has 0 radical (unpaired) electrons. The molecule has 1 aliphatic heterocycles. The molecule has 1 heterocycles. The molecule has 3 nitrogen and oxygen atoms in total. The Morgan fingerprint density at radius 2 is 2.25 bits per heavy atom. The predicted octanol–water partition coefficient (Wildman–Crippen LogP) is 1.92. The molecule has 0 bridgehead atoms. The Bertz CT molecular complexity index is 346. The van der Waals surface area contributed by atoms with Gasteiger partial charge in [-0.2, -0.15) is 0 Å². The Morgan fingerprint density at radius 1 is 1.38 bits per heavy atom. The van der Waals surface area contributed by atoms with Gasteiger partial charge in [-0.3, -0.25) is 0 Å². The monoisotopic (exact) mass is 221 g/mol. The number of nitrogens with one attached hydrogen (secondary N) is 1. The molecule has 1 N–H and O–H groups in total. The van der Waals surface area contributed by atoms with E-state index in [1.54, 1.807) is 14.2 Å². The minimum Gasteiger partial charge on any atom is -0.497 e. The number of hydrogen-bond donors (Lipinski definition) is 1. The van der Waals surface area contributed by atoms with Gasteiger partial charge in [0.05, 0.1) is 13.7 Å². The first-order chi connectivity index (χ1) is 7.85. The number of methoxy groups -OCH3 is 2. The van der Waals surface area contributed by atoms with Crippen molar-refractivity contribution >= 4 is 0 Å². The summed E-state index contributed by atoms with van der Waals surface area (Å²) in [6.07, 6.45) is 1.21. The highest BCUT2D eigenvalue weighted by molar-refractivity contribution is 5.38. The first kappa shape index (κ1) is 11.4. The summed E-state index contributed by atoms with van der Waals surface area (Å²) >= 11 is 0. The van der Waals surface area contributed by atoms with Gasteiger partial charge in [0.25, 0.3) is 0 Å². The van der Waals surface area contributed by atoms with Gasteiger partial charge in [-0.1, -0.05) is 6.07 Å². The molecule has 1 atom stereocenters. The fourth-order valence-electron chi connectivity index (χ4n) is 2.31. The minimum atomic E-state index is 0.621. The fourth-order valence-corrected chi connectivity index (χ4v) is 2.31. The van der Waals surface area contributed by atoms with Gasteiger partial charge in [-0.05, 0) is 42.1 Å². The van der Waals surface area contributed by atoms with Crippen molar-refractivity contribution in [2.24, 2.45) is 0 Å². The van der Waals surface area contributed by atoms with Crippen molar-refractivity contribution in [3.8, 4) is 5.75 Å². The van der Waals surface area contributed by atoms with Crippen LogP contribution in [0.25, 0.3) is 0 Å². The van der Waals surface area contributed by atoms with Gasteiger partial charge in [0.2, 0.25) is 0 Å². The van der Waals surface area contributed by atoms with Gasteiger partial charge >= 0.3 is 0 Å². The molecule has 0 aromatic heterocycles. The largest absolute Gasteiger partial charge is 0.497 e. The van der Waals surface area contributed by atoms with Crippen LogP contribution < -0.4 is 10.1 Å². The summed E-state index contributed by atoms with van der Waals surface area (Å²) in [6.45, 7) is 2.84. The maximum Gasteiger partial charge on any atom is 0.119 e. The van der Waals surface area contributed by atoms with Crippen molar-refractivity contribution in [2.45, 2.75) is 18.9 Å². The minimum absolute atomic E-state index is 0.621. The van der Waals surface area contributed by atoms with E-state index in [0.29, 0.717) is 12.5 Å². The van der Waals surface area contributed by atoms with Gasteiger partial charge in [0.1, 0.15) is 5.75 Å². The van der Waals surface area contributed by atoms with Crippen molar-refractivity contribution in [3.63, 3.8) is 0 Å². The SMILES string of the molecule is COCc1cc(OC)ccc1C1CCNC1. The molecule has 3 heteroatoms. The van der Waals surface area contributed by atoms with Gasteiger partial charge < -0.3 is 14.8 Å². The van der Waals surface area contributed by atoms with E-state index in [0.717, 1.165) is 18.8 Å². The normalized spacial score (nSPS) is 20.0. The summed E-state index contributed by atoms with van der Waals surface area (Å²) in [5, 5.41) is 3.40. The fraction of sp³-hybridized carbons (Fsp3) is 0.538. The highest BCUT2D eigenvalue weighted by Gasteiger charge is 2.19. The first-order valence-electron chi connectivity index (χ1n) is 5.71. The molecule has 1 saturated heterocycles. The molecule has 0 amide bonds. The van der Waals surface area contributed by atoms with Crippen LogP contribution in [0.5, 0.6) is 5.75 Å². The summed E-state index contributed by atoms with van der Waals surface area (Å²) in [4.78, 5) is 0. The van der Waals surface area contributed by atoms with Crippen molar-refractivity contribution in [1.82, 2.24) is 5.32 Å². The Hall–Kier alpha value is -1.06. The molecule has 1 fully saturated rings. The summed E-state index contributed by atoms with van der Waals surface area (Å²) in [5.74, 6) is 1.53. The van der Waals surface area contributed by atoms with Crippen molar-refractivity contribution in [1.29, 1.82) is 0 Å². The van der Waals surface area contributed by atoms with Gasteiger partial charge in [-0.25, -0.2) is 0 Å². The molecule has 88 valence electrons. The third-order valence-corrected chi connectivity index (χ3v) is 3.15. The van der Waals surface area contributed by atoms with E-state index in [9.17, 15) is 0 Å². The van der Waals surface area contributed by atoms with Crippen molar-refractivity contribution in [3.05, 3.63) is 29.3 Å². The van der Waals surface area contributed by atoms with E-state index in [-0.39, 0.29) is 0 Å². The maximum atomic E-state index is 5.25. The average molecular weight is 221 g/mol. The van der Waals surface area contributed by atoms with E-state index in [1.165, 1.54) is 17.5 Å². The lowest BCUT2D eigenvalue weighted by atomic mass is 9.93. The molecule has 2 rings (SSSR count). The molecule has 0 saturated carbocycles. The van der Waals surface area contributed by atoms with Crippen LogP contribution >= 0.6 is 0 Å². The van der Waals surface area contributed by atoms with Crippen LogP contribution in [0.4, 0.5) is 0 Å². The maximum absolute atomic E-state index is 5.25. The average Bonchev–Trinajstić information content (AvgIpc) is 2.83. The zero-order chi connectivity index (χ0) is 11.4. The molecule has 0 spiro atoms. The van der Waals surface area contributed by atoms with Crippen LogP contribution in [0.1, 0.15) is 23.5 Å². The summed E-state index contributed by atoms with van der Waals surface area (Å²) in [6, 6.07) is 6.29. The molecular weight excluding hydrogens is 202 g/mol. The third-order valence-electron chi connectivity index (χ3n) is 3.15.